The molecule has 0 fully saturated rings. The van der Waals surface area contributed by atoms with Gasteiger partial charge in [0.1, 0.15) is 24.9 Å². The lowest BCUT2D eigenvalue weighted by Crippen LogP contribution is -2.49. The van der Waals surface area contributed by atoms with Gasteiger partial charge in [-0.25, -0.2) is 0 Å². The number of hydrogen-bond acceptors (Lipinski definition) is 5. The van der Waals surface area contributed by atoms with Gasteiger partial charge in [0.15, 0.2) is 8.32 Å². The third-order valence-corrected chi connectivity index (χ3v) is 11.5. The number of aliphatic hydroxyl groups is 1. The van der Waals surface area contributed by atoms with E-state index in [1.807, 2.05) is 60.7 Å². The number of hydrogen-bond donors (Lipinski definition) is 1. The van der Waals surface area contributed by atoms with Crippen molar-refractivity contribution < 1.29 is 23.7 Å². The summed E-state index contributed by atoms with van der Waals surface area (Å²) < 4.78 is 25.8. The first kappa shape index (κ1) is 29.3. The summed E-state index contributed by atoms with van der Waals surface area (Å²) in [7, 11) is -2.09. The molecule has 1 N–H and O–H groups in total. The monoisotopic (exact) mass is 522 g/mol. The number of ether oxygens (including phenoxy) is 3. The molecule has 6 heteroatoms. The number of benzene rings is 2. The van der Waals surface area contributed by atoms with Crippen LogP contribution in [0.2, 0.25) is 18.1 Å². The minimum atomic E-state index is -2.09. The number of aliphatic hydroxyl groups excluding tert-OH is 1. The first-order valence-corrected chi connectivity index (χ1v) is 16.0. The lowest BCUT2D eigenvalue weighted by molar-refractivity contribution is -0.129. The highest BCUT2D eigenvalue weighted by Crippen LogP contribution is 2.38. The molecular formula is C31H42O5Si. The zero-order valence-corrected chi connectivity index (χ0v) is 23.9. The van der Waals surface area contributed by atoms with Crippen LogP contribution in [0.1, 0.15) is 38.3 Å². The van der Waals surface area contributed by atoms with E-state index in [0.29, 0.717) is 26.2 Å². The lowest BCUT2D eigenvalue weighted by Gasteiger charge is -2.41. The van der Waals surface area contributed by atoms with E-state index < -0.39 is 20.5 Å². The van der Waals surface area contributed by atoms with E-state index in [-0.39, 0.29) is 23.9 Å². The van der Waals surface area contributed by atoms with E-state index in [9.17, 15) is 5.11 Å². The highest BCUT2D eigenvalue weighted by molar-refractivity contribution is 6.74. The fourth-order valence-corrected chi connectivity index (χ4v) is 5.15. The second kappa shape index (κ2) is 14.1. The molecule has 1 heterocycles. The minimum absolute atomic E-state index is 0.0492. The van der Waals surface area contributed by atoms with Crippen LogP contribution in [0, 0.1) is 11.8 Å². The van der Waals surface area contributed by atoms with E-state index in [4.69, 9.17) is 18.6 Å². The van der Waals surface area contributed by atoms with Crippen molar-refractivity contribution in [2.45, 2.75) is 83.0 Å². The quantitative estimate of drug-likeness (QED) is 0.253. The molecule has 5 nitrogen and oxygen atoms in total. The van der Waals surface area contributed by atoms with Gasteiger partial charge in [0, 0.05) is 0 Å². The Kier molecular flexibility index (Phi) is 11.1. The Morgan fingerprint density at radius 3 is 2.19 bits per heavy atom. The molecule has 0 spiro atoms. The molecule has 0 radical (unpaired) electrons. The average Bonchev–Trinajstić information content (AvgIpc) is 2.86. The first-order valence-electron chi connectivity index (χ1n) is 13.1. The van der Waals surface area contributed by atoms with Crippen molar-refractivity contribution in [1.82, 2.24) is 0 Å². The fraction of sp³-hybridized carbons (Fsp3) is 0.484. The molecule has 0 saturated heterocycles. The maximum absolute atomic E-state index is 9.44. The molecule has 1 aliphatic heterocycles. The largest absolute Gasteiger partial charge is 0.410 e. The highest BCUT2D eigenvalue weighted by Gasteiger charge is 2.41. The second-order valence-electron chi connectivity index (χ2n) is 10.9. The van der Waals surface area contributed by atoms with Crippen LogP contribution in [0.25, 0.3) is 0 Å². The topological polar surface area (TPSA) is 57.2 Å². The first-order chi connectivity index (χ1) is 17.7. The third kappa shape index (κ3) is 9.22. The van der Waals surface area contributed by atoms with Gasteiger partial charge in [-0.1, -0.05) is 105 Å². The van der Waals surface area contributed by atoms with E-state index >= 15 is 0 Å². The standard InChI is InChI=1S/C31H42O5Si/c1-31(2,3)37(4,5)36-29-19-12-18-27(34-23-26-16-10-7-11-17-26)30(35-28(29)20-13-21-32)24-33-22-25-14-8-6-9-15-25/h6-12,14-18,27-30,32H,19,21-24H2,1-5H3/b18-12-/t27-,28-,29+,30+/m0/s1. The van der Waals surface area contributed by atoms with Crippen LogP contribution in [0.5, 0.6) is 0 Å². The normalized spacial score (nSPS) is 23.4. The van der Waals surface area contributed by atoms with Crippen LogP contribution in [-0.4, -0.2) is 51.1 Å². The van der Waals surface area contributed by atoms with Gasteiger partial charge >= 0.3 is 0 Å². The Hall–Kier alpha value is -2.24. The summed E-state index contributed by atoms with van der Waals surface area (Å²) in [6, 6.07) is 20.2. The van der Waals surface area contributed by atoms with Gasteiger partial charge in [-0.05, 0) is 35.7 Å². The summed E-state index contributed by atoms with van der Waals surface area (Å²) >= 11 is 0. The SMILES string of the molecule is CC(C)(C)[Si](C)(C)O[C@@H]1C/C=C\[C@H](OCc2ccccc2)[C@@H](COCc2ccccc2)O[C@H]1C#CCO. The van der Waals surface area contributed by atoms with Crippen molar-refractivity contribution in [2.75, 3.05) is 13.2 Å². The Morgan fingerprint density at radius 2 is 1.59 bits per heavy atom. The second-order valence-corrected chi connectivity index (χ2v) is 15.7. The summed E-state index contributed by atoms with van der Waals surface area (Å²) in [5, 5.41) is 9.49. The number of rotatable bonds is 9. The molecule has 0 saturated carbocycles. The highest BCUT2D eigenvalue weighted by atomic mass is 28.4. The van der Waals surface area contributed by atoms with Gasteiger partial charge in [0.2, 0.25) is 0 Å². The Bertz CT molecular complexity index is 1020. The van der Waals surface area contributed by atoms with Gasteiger partial charge in [-0.2, -0.15) is 0 Å². The maximum Gasteiger partial charge on any atom is 0.192 e. The van der Waals surface area contributed by atoms with E-state index in [1.54, 1.807) is 0 Å². The molecule has 3 rings (SSSR count). The Balaban J connectivity index is 1.82. The zero-order chi connectivity index (χ0) is 26.7. The van der Waals surface area contributed by atoms with Crippen LogP contribution in [0.3, 0.4) is 0 Å². The van der Waals surface area contributed by atoms with Crippen molar-refractivity contribution in [3.8, 4) is 11.8 Å². The molecule has 1 aliphatic rings. The lowest BCUT2D eigenvalue weighted by atomic mass is 10.0. The van der Waals surface area contributed by atoms with E-state index in [0.717, 1.165) is 11.1 Å². The smallest absolute Gasteiger partial charge is 0.192 e. The van der Waals surface area contributed by atoms with Crippen LogP contribution in [0.4, 0.5) is 0 Å². The molecule has 0 unspecified atom stereocenters. The van der Waals surface area contributed by atoms with Crippen LogP contribution >= 0.6 is 0 Å². The molecule has 0 aliphatic carbocycles. The van der Waals surface area contributed by atoms with E-state index in [1.165, 1.54) is 0 Å². The van der Waals surface area contributed by atoms with Crippen molar-refractivity contribution >= 4 is 8.32 Å². The molecule has 4 atom stereocenters. The van der Waals surface area contributed by atoms with Crippen LogP contribution < -0.4 is 0 Å². The molecule has 2 aromatic carbocycles. The predicted octanol–water partition coefficient (Wildman–Crippen LogP) is 5.89. The van der Waals surface area contributed by atoms with Gasteiger partial charge < -0.3 is 23.7 Å². The molecular weight excluding hydrogens is 480 g/mol. The fourth-order valence-electron chi connectivity index (χ4n) is 3.82. The third-order valence-electron chi connectivity index (χ3n) is 6.97. The summed E-state index contributed by atoms with van der Waals surface area (Å²) in [6.45, 7) is 12.2. The van der Waals surface area contributed by atoms with Crippen molar-refractivity contribution in [1.29, 1.82) is 0 Å². The summed E-state index contributed by atoms with van der Waals surface area (Å²) in [5.74, 6) is 5.93. The molecule has 37 heavy (non-hydrogen) atoms. The van der Waals surface area contributed by atoms with Crippen molar-refractivity contribution in [3.05, 3.63) is 83.9 Å². The maximum atomic E-state index is 9.44. The Labute approximate surface area is 223 Å². The molecule has 200 valence electrons. The summed E-state index contributed by atoms with van der Waals surface area (Å²) in [6.07, 6.45) is 3.36. The molecule has 2 aromatic rings. The Morgan fingerprint density at radius 1 is 0.973 bits per heavy atom. The molecule has 0 aromatic heterocycles. The average molecular weight is 523 g/mol. The van der Waals surface area contributed by atoms with Gasteiger partial charge in [-0.15, -0.1) is 0 Å². The van der Waals surface area contributed by atoms with Crippen LogP contribution in [0.15, 0.2) is 72.8 Å². The predicted molar refractivity (Wildman–Crippen MR) is 150 cm³/mol. The van der Waals surface area contributed by atoms with Crippen LogP contribution in [-0.2, 0) is 31.9 Å². The van der Waals surface area contributed by atoms with Gasteiger partial charge in [0.25, 0.3) is 0 Å². The minimum Gasteiger partial charge on any atom is -0.410 e. The van der Waals surface area contributed by atoms with Gasteiger partial charge in [-0.3, -0.25) is 0 Å². The van der Waals surface area contributed by atoms with E-state index in [2.05, 4.69) is 57.9 Å². The summed E-state index contributed by atoms with van der Waals surface area (Å²) in [4.78, 5) is 0. The zero-order valence-electron chi connectivity index (χ0n) is 22.9. The molecule has 0 amide bonds. The molecule has 0 bridgehead atoms. The van der Waals surface area contributed by atoms with Crippen molar-refractivity contribution in [3.63, 3.8) is 0 Å². The van der Waals surface area contributed by atoms with Crippen molar-refractivity contribution in [2.24, 2.45) is 0 Å². The summed E-state index contributed by atoms with van der Waals surface area (Å²) in [5.41, 5.74) is 2.19. The van der Waals surface area contributed by atoms with Gasteiger partial charge in [0.05, 0.1) is 25.9 Å².